The molecule has 0 radical (unpaired) electrons. The smallest absolute Gasteiger partial charge is 0.223 e. The minimum atomic E-state index is -0.106. The third-order valence-corrected chi connectivity index (χ3v) is 4.53. The molecule has 3 atom stereocenters. The maximum absolute atomic E-state index is 12.7. The number of rotatable bonds is 6. The van der Waals surface area contributed by atoms with Crippen LogP contribution in [0.1, 0.15) is 58.6 Å². The van der Waals surface area contributed by atoms with Crippen LogP contribution in [-0.2, 0) is 14.3 Å². The van der Waals surface area contributed by atoms with E-state index in [1.54, 1.807) is 0 Å². The number of benzene rings is 1. The lowest BCUT2D eigenvalue weighted by atomic mass is 9.98. The van der Waals surface area contributed by atoms with Crippen molar-refractivity contribution >= 4 is 11.8 Å². The second-order valence-corrected chi connectivity index (χ2v) is 7.13. The first-order valence-electron chi connectivity index (χ1n) is 9.17. The Balaban J connectivity index is 1.94. The summed E-state index contributed by atoms with van der Waals surface area (Å²) in [5.74, 6) is 0.106. The molecule has 0 aliphatic carbocycles. The number of nitrogens with one attached hydrogen (secondary N) is 1. The molecule has 1 saturated heterocycles. The largest absolute Gasteiger partial charge is 0.369 e. The summed E-state index contributed by atoms with van der Waals surface area (Å²) in [4.78, 5) is 26.4. The van der Waals surface area contributed by atoms with Crippen LogP contribution in [0.15, 0.2) is 30.3 Å². The highest BCUT2D eigenvalue weighted by Crippen LogP contribution is 2.31. The molecule has 138 valence electrons. The van der Waals surface area contributed by atoms with E-state index in [9.17, 15) is 9.59 Å². The SMILES string of the molecule is CC(C)NC(=O)CCCC(=O)N1[C@H](C)CO[C@@H](c2ccccc2)[C@@H]1C. The molecule has 5 heteroatoms. The summed E-state index contributed by atoms with van der Waals surface area (Å²) in [6.07, 6.45) is 1.25. The highest BCUT2D eigenvalue weighted by atomic mass is 16.5. The monoisotopic (exact) mass is 346 g/mol. The Bertz CT molecular complexity index is 574. The van der Waals surface area contributed by atoms with Crippen molar-refractivity contribution in [2.75, 3.05) is 6.61 Å². The van der Waals surface area contributed by atoms with Gasteiger partial charge in [-0.1, -0.05) is 30.3 Å². The number of morpholine rings is 1. The molecule has 5 nitrogen and oxygen atoms in total. The summed E-state index contributed by atoms with van der Waals surface area (Å²) in [5.41, 5.74) is 1.09. The Morgan fingerprint density at radius 1 is 1.20 bits per heavy atom. The van der Waals surface area contributed by atoms with Gasteiger partial charge in [-0.2, -0.15) is 0 Å². The third-order valence-electron chi connectivity index (χ3n) is 4.53. The fraction of sp³-hybridized carbons (Fsp3) is 0.600. The Morgan fingerprint density at radius 2 is 1.88 bits per heavy atom. The Labute approximate surface area is 150 Å². The molecule has 0 unspecified atom stereocenters. The van der Waals surface area contributed by atoms with E-state index in [1.165, 1.54) is 0 Å². The van der Waals surface area contributed by atoms with E-state index in [2.05, 4.69) is 5.32 Å². The number of carbonyl (C=O) groups is 2. The van der Waals surface area contributed by atoms with Crippen molar-refractivity contribution in [3.8, 4) is 0 Å². The van der Waals surface area contributed by atoms with Gasteiger partial charge < -0.3 is 15.0 Å². The molecule has 1 aromatic carbocycles. The fourth-order valence-electron chi connectivity index (χ4n) is 3.42. The van der Waals surface area contributed by atoms with Gasteiger partial charge in [0.2, 0.25) is 11.8 Å². The van der Waals surface area contributed by atoms with E-state index < -0.39 is 0 Å². The zero-order chi connectivity index (χ0) is 18.4. The lowest BCUT2D eigenvalue weighted by molar-refractivity contribution is -0.153. The number of hydrogen-bond donors (Lipinski definition) is 1. The van der Waals surface area contributed by atoms with Gasteiger partial charge in [-0.25, -0.2) is 0 Å². The van der Waals surface area contributed by atoms with E-state index in [0.717, 1.165) is 5.56 Å². The molecule has 1 fully saturated rings. The summed E-state index contributed by atoms with van der Waals surface area (Å²) in [7, 11) is 0. The standard InChI is InChI=1S/C20H30N2O3/c1-14(2)21-18(23)11-8-12-19(24)22-15(3)13-25-20(16(22)4)17-9-6-5-7-10-17/h5-7,9-10,14-16,20H,8,11-13H2,1-4H3,(H,21,23)/t15-,16+,20-/m1/s1. The number of carbonyl (C=O) groups excluding carboxylic acids is 2. The van der Waals surface area contributed by atoms with Gasteiger partial charge in [-0.05, 0) is 39.7 Å². The van der Waals surface area contributed by atoms with Gasteiger partial charge in [-0.15, -0.1) is 0 Å². The van der Waals surface area contributed by atoms with Crippen molar-refractivity contribution in [3.05, 3.63) is 35.9 Å². The normalized spacial score (nSPS) is 23.6. The summed E-state index contributed by atoms with van der Waals surface area (Å²) in [6, 6.07) is 10.2. The predicted molar refractivity (Wildman–Crippen MR) is 98.0 cm³/mol. The molecular formula is C20H30N2O3. The van der Waals surface area contributed by atoms with Crippen molar-refractivity contribution in [1.82, 2.24) is 10.2 Å². The quantitative estimate of drug-likeness (QED) is 0.861. The molecule has 1 N–H and O–H groups in total. The molecule has 0 aromatic heterocycles. The van der Waals surface area contributed by atoms with Gasteiger partial charge in [0.1, 0.15) is 6.10 Å². The Morgan fingerprint density at radius 3 is 2.52 bits per heavy atom. The average molecular weight is 346 g/mol. The lowest BCUT2D eigenvalue weighted by Crippen LogP contribution is -2.53. The second-order valence-electron chi connectivity index (χ2n) is 7.13. The van der Waals surface area contributed by atoms with Crippen molar-refractivity contribution in [1.29, 1.82) is 0 Å². The maximum atomic E-state index is 12.7. The first-order chi connectivity index (χ1) is 11.9. The van der Waals surface area contributed by atoms with Gasteiger partial charge in [0, 0.05) is 18.9 Å². The molecule has 2 rings (SSSR count). The summed E-state index contributed by atoms with van der Waals surface area (Å²) >= 11 is 0. The van der Waals surface area contributed by atoms with Crippen molar-refractivity contribution < 1.29 is 14.3 Å². The van der Waals surface area contributed by atoms with Crippen LogP contribution >= 0.6 is 0 Å². The van der Waals surface area contributed by atoms with E-state index in [4.69, 9.17) is 4.74 Å². The van der Waals surface area contributed by atoms with Crippen LogP contribution in [0.3, 0.4) is 0 Å². The molecule has 25 heavy (non-hydrogen) atoms. The number of hydrogen-bond acceptors (Lipinski definition) is 3. The number of nitrogens with zero attached hydrogens (tertiary/aromatic N) is 1. The van der Waals surface area contributed by atoms with Gasteiger partial charge in [-0.3, -0.25) is 9.59 Å². The van der Waals surface area contributed by atoms with E-state index in [1.807, 2.05) is 62.9 Å². The van der Waals surface area contributed by atoms with E-state index >= 15 is 0 Å². The topological polar surface area (TPSA) is 58.6 Å². The molecular weight excluding hydrogens is 316 g/mol. The van der Waals surface area contributed by atoms with Crippen LogP contribution in [0.5, 0.6) is 0 Å². The highest BCUT2D eigenvalue weighted by Gasteiger charge is 2.36. The van der Waals surface area contributed by atoms with Crippen molar-refractivity contribution in [3.63, 3.8) is 0 Å². The van der Waals surface area contributed by atoms with Crippen LogP contribution in [0.4, 0.5) is 0 Å². The first kappa shape index (κ1) is 19.4. The maximum Gasteiger partial charge on any atom is 0.223 e. The molecule has 2 amide bonds. The highest BCUT2D eigenvalue weighted by molar-refractivity contribution is 5.79. The van der Waals surface area contributed by atoms with Gasteiger partial charge >= 0.3 is 0 Å². The summed E-state index contributed by atoms with van der Waals surface area (Å²) in [6.45, 7) is 8.45. The summed E-state index contributed by atoms with van der Waals surface area (Å²) < 4.78 is 6.00. The first-order valence-corrected chi connectivity index (χ1v) is 9.17. The molecule has 1 aliphatic rings. The van der Waals surface area contributed by atoms with Crippen LogP contribution in [-0.4, -0.2) is 41.4 Å². The average Bonchev–Trinajstić information content (AvgIpc) is 2.55. The van der Waals surface area contributed by atoms with E-state index in [0.29, 0.717) is 25.9 Å². The lowest BCUT2D eigenvalue weighted by Gasteiger charge is -2.44. The summed E-state index contributed by atoms with van der Waals surface area (Å²) in [5, 5.41) is 2.86. The third kappa shape index (κ3) is 5.30. The van der Waals surface area contributed by atoms with Gasteiger partial charge in [0.15, 0.2) is 0 Å². The van der Waals surface area contributed by atoms with Crippen LogP contribution in [0.2, 0.25) is 0 Å². The zero-order valence-electron chi connectivity index (χ0n) is 15.7. The Kier molecular flexibility index (Phi) is 7.00. The van der Waals surface area contributed by atoms with Crippen LogP contribution < -0.4 is 5.32 Å². The zero-order valence-corrected chi connectivity index (χ0v) is 15.7. The minimum Gasteiger partial charge on any atom is -0.369 e. The van der Waals surface area contributed by atoms with Gasteiger partial charge in [0.05, 0.1) is 18.7 Å². The van der Waals surface area contributed by atoms with Crippen molar-refractivity contribution in [2.45, 2.75) is 71.2 Å². The molecule has 0 spiro atoms. The number of ether oxygens (including phenoxy) is 1. The van der Waals surface area contributed by atoms with E-state index in [-0.39, 0.29) is 36.0 Å². The molecule has 1 heterocycles. The number of amides is 2. The van der Waals surface area contributed by atoms with Crippen molar-refractivity contribution in [2.24, 2.45) is 0 Å². The minimum absolute atomic E-state index is 0.00744. The predicted octanol–water partition coefficient (Wildman–Crippen LogP) is 3.06. The molecule has 1 aliphatic heterocycles. The molecule has 0 bridgehead atoms. The second kappa shape index (κ2) is 8.99. The molecule has 0 saturated carbocycles. The van der Waals surface area contributed by atoms with Crippen LogP contribution in [0, 0.1) is 0 Å². The molecule has 1 aromatic rings. The van der Waals surface area contributed by atoms with Crippen LogP contribution in [0.25, 0.3) is 0 Å². The van der Waals surface area contributed by atoms with Gasteiger partial charge in [0.25, 0.3) is 0 Å². The fourth-order valence-corrected chi connectivity index (χ4v) is 3.42. The Hall–Kier alpha value is -1.88.